The van der Waals surface area contributed by atoms with Crippen molar-refractivity contribution >= 4 is 17.5 Å². The van der Waals surface area contributed by atoms with Crippen molar-refractivity contribution in [3.63, 3.8) is 0 Å². The molecule has 0 spiro atoms. The first-order chi connectivity index (χ1) is 10.2. The van der Waals surface area contributed by atoms with Crippen LogP contribution in [0.4, 0.5) is 5.69 Å². The van der Waals surface area contributed by atoms with E-state index in [0.717, 1.165) is 36.9 Å². The zero-order valence-corrected chi connectivity index (χ0v) is 11.8. The summed E-state index contributed by atoms with van der Waals surface area (Å²) in [6, 6.07) is 6.98. The minimum atomic E-state index is -0.467. The number of terminal acetylenes is 1. The quantitative estimate of drug-likeness (QED) is 0.682. The van der Waals surface area contributed by atoms with Crippen molar-refractivity contribution in [2.75, 3.05) is 5.32 Å². The minimum absolute atomic E-state index is 0.0579. The van der Waals surface area contributed by atoms with Gasteiger partial charge in [0.25, 0.3) is 5.91 Å². The van der Waals surface area contributed by atoms with Gasteiger partial charge in [0.2, 0.25) is 5.91 Å². The molecule has 2 fully saturated rings. The molecule has 1 saturated carbocycles. The van der Waals surface area contributed by atoms with Crippen LogP contribution < -0.4 is 5.32 Å². The van der Waals surface area contributed by atoms with Crippen LogP contribution in [0.1, 0.15) is 37.7 Å². The van der Waals surface area contributed by atoms with Crippen LogP contribution in [0.25, 0.3) is 0 Å². The van der Waals surface area contributed by atoms with Gasteiger partial charge in [-0.15, -0.1) is 6.42 Å². The Morgan fingerprint density at radius 1 is 1.24 bits per heavy atom. The van der Waals surface area contributed by atoms with Crippen molar-refractivity contribution in [3.8, 4) is 12.3 Å². The Kier molecular flexibility index (Phi) is 3.66. The Labute approximate surface area is 124 Å². The van der Waals surface area contributed by atoms with Crippen molar-refractivity contribution in [2.24, 2.45) is 0 Å². The Morgan fingerprint density at radius 3 is 2.71 bits per heavy atom. The summed E-state index contributed by atoms with van der Waals surface area (Å²) in [5.41, 5.74) is 1.54. The highest BCUT2D eigenvalue weighted by Gasteiger charge is 2.42. The summed E-state index contributed by atoms with van der Waals surface area (Å²) < 4.78 is 0. The maximum Gasteiger partial charge on any atom is 0.252 e. The summed E-state index contributed by atoms with van der Waals surface area (Å²) in [5, 5.41) is 3.14. The summed E-state index contributed by atoms with van der Waals surface area (Å²) in [5.74, 6) is 2.41. The second-order valence-electron chi connectivity index (χ2n) is 5.67. The summed E-state index contributed by atoms with van der Waals surface area (Å²) in [6.45, 7) is 0. The van der Waals surface area contributed by atoms with Crippen LogP contribution in [-0.4, -0.2) is 28.8 Å². The van der Waals surface area contributed by atoms with E-state index in [2.05, 4.69) is 11.2 Å². The van der Waals surface area contributed by atoms with Crippen LogP contribution >= 0.6 is 0 Å². The first-order valence-electron chi connectivity index (χ1n) is 7.38. The molecule has 2 amide bonds. The number of imide groups is 1. The lowest BCUT2D eigenvalue weighted by Gasteiger charge is -2.22. The maximum atomic E-state index is 12.5. The summed E-state index contributed by atoms with van der Waals surface area (Å²) in [6.07, 6.45) is 9.69. The highest BCUT2D eigenvalue weighted by atomic mass is 16.2. The number of amides is 2. The molecule has 1 atom stereocenters. The molecule has 0 radical (unpaired) electrons. The van der Waals surface area contributed by atoms with Gasteiger partial charge in [0, 0.05) is 17.3 Å². The van der Waals surface area contributed by atoms with Gasteiger partial charge in [-0.2, -0.15) is 0 Å². The number of benzene rings is 1. The predicted molar refractivity (Wildman–Crippen MR) is 80.5 cm³/mol. The van der Waals surface area contributed by atoms with E-state index in [-0.39, 0.29) is 24.3 Å². The van der Waals surface area contributed by atoms with E-state index in [1.165, 1.54) is 4.90 Å². The van der Waals surface area contributed by atoms with E-state index in [1.54, 1.807) is 0 Å². The van der Waals surface area contributed by atoms with Crippen molar-refractivity contribution in [1.29, 1.82) is 0 Å². The first-order valence-corrected chi connectivity index (χ1v) is 7.38. The summed E-state index contributed by atoms with van der Waals surface area (Å²) in [7, 11) is 0. The van der Waals surface area contributed by atoms with E-state index in [0.29, 0.717) is 0 Å². The number of hydrogen-bond donors (Lipinski definition) is 1. The third-order valence-corrected chi connectivity index (χ3v) is 4.24. The molecule has 1 saturated heterocycles. The van der Waals surface area contributed by atoms with Gasteiger partial charge in [0.15, 0.2) is 0 Å². The van der Waals surface area contributed by atoms with E-state index in [9.17, 15) is 9.59 Å². The van der Waals surface area contributed by atoms with Crippen molar-refractivity contribution in [1.82, 2.24) is 4.90 Å². The molecule has 0 aromatic heterocycles. The van der Waals surface area contributed by atoms with Gasteiger partial charge in [0.05, 0.1) is 6.42 Å². The fourth-order valence-corrected chi connectivity index (χ4v) is 3.21. The Hall–Kier alpha value is -2.28. The molecular formula is C17H18N2O2. The highest BCUT2D eigenvalue weighted by molar-refractivity contribution is 6.07. The number of carbonyl (C=O) groups is 2. The molecule has 1 aliphatic heterocycles. The monoisotopic (exact) mass is 282 g/mol. The standard InChI is InChI=1S/C17H18N2O2/c1-2-12-6-5-7-13(10-12)18-15-11-16(20)19(17(15)21)14-8-3-4-9-14/h1,5-7,10,14-15,18H,3-4,8-9,11H2. The van der Waals surface area contributed by atoms with Gasteiger partial charge < -0.3 is 5.32 Å². The largest absolute Gasteiger partial charge is 0.373 e. The van der Waals surface area contributed by atoms with E-state index in [4.69, 9.17) is 6.42 Å². The molecule has 21 heavy (non-hydrogen) atoms. The maximum absolute atomic E-state index is 12.5. The average Bonchev–Trinajstić information content (AvgIpc) is 3.08. The third kappa shape index (κ3) is 2.64. The lowest BCUT2D eigenvalue weighted by molar-refractivity contribution is -0.141. The van der Waals surface area contributed by atoms with Gasteiger partial charge in [-0.1, -0.05) is 24.8 Å². The number of likely N-dealkylation sites (tertiary alicyclic amines) is 1. The molecule has 1 unspecified atom stereocenters. The van der Waals surface area contributed by atoms with Crippen LogP contribution in [0.3, 0.4) is 0 Å². The van der Waals surface area contributed by atoms with Crippen LogP contribution in [-0.2, 0) is 9.59 Å². The third-order valence-electron chi connectivity index (χ3n) is 4.24. The highest BCUT2D eigenvalue weighted by Crippen LogP contribution is 2.29. The number of nitrogens with one attached hydrogen (secondary N) is 1. The van der Waals surface area contributed by atoms with Crippen LogP contribution in [0.15, 0.2) is 24.3 Å². The van der Waals surface area contributed by atoms with Crippen molar-refractivity contribution in [3.05, 3.63) is 29.8 Å². The Morgan fingerprint density at radius 2 is 2.00 bits per heavy atom. The molecule has 3 rings (SSSR count). The molecule has 1 N–H and O–H groups in total. The molecule has 0 bridgehead atoms. The number of carbonyl (C=O) groups excluding carboxylic acids is 2. The zero-order chi connectivity index (χ0) is 14.8. The van der Waals surface area contributed by atoms with Gasteiger partial charge >= 0.3 is 0 Å². The van der Waals surface area contributed by atoms with Crippen molar-refractivity contribution < 1.29 is 9.59 Å². The lowest BCUT2D eigenvalue weighted by Crippen LogP contribution is -2.40. The van der Waals surface area contributed by atoms with Gasteiger partial charge in [-0.05, 0) is 31.0 Å². The van der Waals surface area contributed by atoms with Crippen LogP contribution in [0.5, 0.6) is 0 Å². The van der Waals surface area contributed by atoms with Gasteiger partial charge in [0.1, 0.15) is 6.04 Å². The van der Waals surface area contributed by atoms with E-state index >= 15 is 0 Å². The Balaban J connectivity index is 1.73. The lowest BCUT2D eigenvalue weighted by atomic mass is 10.1. The second kappa shape index (κ2) is 5.61. The molecular weight excluding hydrogens is 264 g/mol. The van der Waals surface area contributed by atoms with Crippen LogP contribution in [0, 0.1) is 12.3 Å². The minimum Gasteiger partial charge on any atom is -0.373 e. The SMILES string of the molecule is C#Cc1cccc(NC2CC(=O)N(C3CCCC3)C2=O)c1. The fourth-order valence-electron chi connectivity index (χ4n) is 3.21. The second-order valence-corrected chi connectivity index (χ2v) is 5.67. The number of rotatable bonds is 3. The predicted octanol–water partition coefficient (Wildman–Crippen LogP) is 2.15. The fraction of sp³-hybridized carbons (Fsp3) is 0.412. The van der Waals surface area contributed by atoms with Gasteiger partial charge in [-0.3, -0.25) is 14.5 Å². The molecule has 4 nitrogen and oxygen atoms in total. The normalized spacial score (nSPS) is 22.6. The molecule has 1 aromatic carbocycles. The molecule has 1 heterocycles. The number of anilines is 1. The number of nitrogens with zero attached hydrogens (tertiary/aromatic N) is 1. The van der Waals surface area contributed by atoms with Crippen molar-refractivity contribution in [2.45, 2.75) is 44.2 Å². The molecule has 108 valence electrons. The summed E-state index contributed by atoms with van der Waals surface area (Å²) in [4.78, 5) is 26.1. The van der Waals surface area contributed by atoms with Gasteiger partial charge in [-0.25, -0.2) is 0 Å². The average molecular weight is 282 g/mol. The molecule has 1 aliphatic carbocycles. The molecule has 1 aromatic rings. The number of hydrogen-bond acceptors (Lipinski definition) is 3. The van der Waals surface area contributed by atoms with E-state index < -0.39 is 6.04 Å². The molecule has 2 aliphatic rings. The smallest absolute Gasteiger partial charge is 0.252 e. The first kappa shape index (κ1) is 13.7. The summed E-state index contributed by atoms with van der Waals surface area (Å²) >= 11 is 0. The Bertz CT molecular complexity index is 611. The van der Waals surface area contributed by atoms with E-state index in [1.807, 2.05) is 24.3 Å². The molecule has 4 heteroatoms. The topological polar surface area (TPSA) is 49.4 Å². The zero-order valence-electron chi connectivity index (χ0n) is 11.8. The van der Waals surface area contributed by atoms with Crippen LogP contribution in [0.2, 0.25) is 0 Å².